The van der Waals surface area contributed by atoms with Gasteiger partial charge in [-0.25, -0.2) is 0 Å². The van der Waals surface area contributed by atoms with Crippen LogP contribution in [0.5, 0.6) is 0 Å². The van der Waals surface area contributed by atoms with Crippen molar-refractivity contribution in [2.24, 2.45) is 0 Å². The van der Waals surface area contributed by atoms with Crippen molar-refractivity contribution >= 4 is 0 Å². The summed E-state index contributed by atoms with van der Waals surface area (Å²) in [5.41, 5.74) is 7.03. The molecular formula is C61H64O10. The molecule has 71 heavy (non-hydrogen) atoms. The molecule has 0 saturated carbocycles. The van der Waals surface area contributed by atoms with E-state index in [2.05, 4.69) is 0 Å². The van der Waals surface area contributed by atoms with Gasteiger partial charge in [0.1, 0.15) is 42.7 Å². The Bertz CT molecular complexity index is 2530. The molecule has 0 N–H and O–H groups in total. The second kappa shape index (κ2) is 26.5. The molecule has 10 heteroatoms. The fourth-order valence-corrected chi connectivity index (χ4v) is 8.97. The molecule has 0 unspecified atom stereocenters. The van der Waals surface area contributed by atoms with Crippen LogP contribution in [0.15, 0.2) is 212 Å². The minimum Gasteiger partial charge on any atom is -0.374 e. The molecule has 10 atom stereocenters. The van der Waals surface area contributed by atoms with Crippen LogP contribution in [-0.2, 0) is 93.6 Å². The lowest BCUT2D eigenvalue weighted by Gasteiger charge is -2.49. The molecule has 7 aromatic carbocycles. The first-order chi connectivity index (χ1) is 35.1. The summed E-state index contributed by atoms with van der Waals surface area (Å²) in [5, 5.41) is 0. The molecule has 0 bridgehead atoms. The summed E-state index contributed by atoms with van der Waals surface area (Å²) in [5.74, 6) is 0. The Kier molecular flexibility index (Phi) is 18.7. The summed E-state index contributed by atoms with van der Waals surface area (Å²) in [6, 6.07) is 70.6. The zero-order valence-corrected chi connectivity index (χ0v) is 40.2. The Hall–Kier alpha value is -5.86. The predicted octanol–water partition coefficient (Wildman–Crippen LogP) is 11.2. The minimum atomic E-state index is -1.07. The van der Waals surface area contributed by atoms with Gasteiger partial charge in [0.25, 0.3) is 0 Å². The van der Waals surface area contributed by atoms with Crippen LogP contribution in [0.2, 0.25) is 0 Å². The fourth-order valence-electron chi connectivity index (χ4n) is 8.97. The number of benzene rings is 7. The molecule has 2 fully saturated rings. The lowest BCUT2D eigenvalue weighted by molar-refractivity contribution is -0.391. The number of hydrogen-bond donors (Lipinski definition) is 0. The minimum absolute atomic E-state index is 0.166. The van der Waals surface area contributed by atoms with Gasteiger partial charge in [-0.2, -0.15) is 0 Å². The molecule has 0 aliphatic carbocycles. The van der Waals surface area contributed by atoms with E-state index in [0.717, 1.165) is 38.9 Å². The van der Waals surface area contributed by atoms with E-state index in [1.165, 1.54) is 0 Å². The maximum absolute atomic E-state index is 7.27. The summed E-state index contributed by atoms with van der Waals surface area (Å²) in [4.78, 5) is 0. The third kappa shape index (κ3) is 14.6. The van der Waals surface area contributed by atoms with Gasteiger partial charge >= 0.3 is 0 Å². The van der Waals surface area contributed by atoms with Gasteiger partial charge < -0.3 is 47.4 Å². The summed E-state index contributed by atoms with van der Waals surface area (Å²) in [6.07, 6.45) is -7.51. The zero-order chi connectivity index (χ0) is 48.3. The van der Waals surface area contributed by atoms with Crippen molar-refractivity contribution in [2.45, 2.75) is 115 Å². The maximum Gasteiger partial charge on any atom is 0.190 e. The predicted molar refractivity (Wildman–Crippen MR) is 270 cm³/mol. The topological polar surface area (TPSA) is 92.3 Å². The summed E-state index contributed by atoms with van der Waals surface area (Å²) < 4.78 is 69.6. The molecule has 2 saturated heterocycles. The lowest BCUT2D eigenvalue weighted by atomic mass is 9.96. The van der Waals surface area contributed by atoms with Crippen LogP contribution in [0.25, 0.3) is 0 Å². The van der Waals surface area contributed by atoms with Crippen LogP contribution in [0.1, 0.15) is 45.9 Å². The number of hydrogen-bond acceptors (Lipinski definition) is 10. The maximum atomic E-state index is 7.27. The summed E-state index contributed by atoms with van der Waals surface area (Å²) >= 11 is 0. The highest BCUT2D eigenvalue weighted by Crippen LogP contribution is 2.37. The quantitative estimate of drug-likeness (QED) is 0.0583. The van der Waals surface area contributed by atoms with Crippen molar-refractivity contribution in [3.63, 3.8) is 0 Å². The lowest BCUT2D eigenvalue weighted by Crippen LogP contribution is -2.65. The third-order valence-corrected chi connectivity index (χ3v) is 12.7. The smallest absolute Gasteiger partial charge is 0.190 e. The van der Waals surface area contributed by atoms with Gasteiger partial charge in [-0.1, -0.05) is 212 Å². The van der Waals surface area contributed by atoms with Crippen LogP contribution in [0.4, 0.5) is 0 Å². The van der Waals surface area contributed by atoms with E-state index in [0.29, 0.717) is 26.4 Å². The number of ether oxygens (including phenoxy) is 10. The first kappa shape index (κ1) is 50.1. The highest BCUT2D eigenvalue weighted by Gasteiger charge is 2.53. The van der Waals surface area contributed by atoms with Gasteiger partial charge in [-0.05, 0) is 45.9 Å². The van der Waals surface area contributed by atoms with Crippen molar-refractivity contribution in [2.75, 3.05) is 6.61 Å². The molecule has 7 aromatic rings. The van der Waals surface area contributed by atoms with Gasteiger partial charge in [0.05, 0.1) is 59.0 Å². The first-order valence-electron chi connectivity index (χ1n) is 24.6. The SMILES string of the molecule is C[C@@H]1O[C@@H](O[C@H]2O[C@H](COCc3ccccc3)[C@@H](OCc3ccccc3)[C@H](OCc3ccccc3)[C@H]2OCc2ccccc2)[C@H](OCc2ccccc2)[C@H](OCc2ccccc2)[C@H]1OCc1ccccc1. The van der Waals surface area contributed by atoms with Crippen LogP contribution >= 0.6 is 0 Å². The molecule has 2 heterocycles. The third-order valence-electron chi connectivity index (χ3n) is 12.7. The van der Waals surface area contributed by atoms with Crippen molar-refractivity contribution in [1.82, 2.24) is 0 Å². The zero-order valence-electron chi connectivity index (χ0n) is 40.2. The standard InChI is InChI=1S/C61H64O10/c1-45-54(63-38-47-25-11-3-12-26-47)56(65-40-49-29-15-5-16-30-49)58(67-42-51-33-19-7-20-34-51)60(69-45)71-61-59(68-43-52-35-21-8-22-36-52)57(66-41-50-31-17-6-18-32-50)55(64-39-48-27-13-4-14-28-48)53(70-61)44-62-37-46-23-9-2-10-24-46/h2-36,45,53-61H,37-44H2,1H3/t45-,53+,54-,55+,56+,57-,58+,59+,60-,61+/m0/s1. The Morgan fingerprint density at radius 3 is 0.915 bits per heavy atom. The van der Waals surface area contributed by atoms with Crippen LogP contribution in [0.3, 0.4) is 0 Å². The molecule has 2 aliphatic heterocycles. The van der Waals surface area contributed by atoms with E-state index in [4.69, 9.17) is 47.4 Å². The highest BCUT2D eigenvalue weighted by molar-refractivity contribution is 5.19. The fraction of sp³-hybridized carbons (Fsp3) is 0.311. The molecule has 0 aromatic heterocycles. The van der Waals surface area contributed by atoms with Crippen molar-refractivity contribution in [1.29, 1.82) is 0 Å². The Morgan fingerprint density at radius 2 is 0.563 bits per heavy atom. The van der Waals surface area contributed by atoms with Crippen LogP contribution < -0.4 is 0 Å². The highest BCUT2D eigenvalue weighted by atomic mass is 16.8. The average Bonchev–Trinajstić information content (AvgIpc) is 3.42. The second-order valence-corrected chi connectivity index (χ2v) is 18.0. The average molecular weight is 957 g/mol. The van der Waals surface area contributed by atoms with Gasteiger partial charge in [0.15, 0.2) is 12.6 Å². The van der Waals surface area contributed by atoms with Crippen LogP contribution in [0, 0.1) is 0 Å². The molecule has 0 amide bonds. The van der Waals surface area contributed by atoms with Gasteiger partial charge in [0.2, 0.25) is 0 Å². The normalized spacial score (nSPS) is 24.4. The Morgan fingerprint density at radius 1 is 0.296 bits per heavy atom. The molecule has 9 rings (SSSR count). The van der Waals surface area contributed by atoms with E-state index in [1.807, 2.05) is 219 Å². The van der Waals surface area contributed by atoms with Crippen LogP contribution in [-0.4, -0.2) is 68.0 Å². The van der Waals surface area contributed by atoms with Crippen molar-refractivity contribution in [3.8, 4) is 0 Å². The second-order valence-electron chi connectivity index (χ2n) is 18.0. The van der Waals surface area contributed by atoms with E-state index in [1.54, 1.807) is 0 Å². The molecule has 0 radical (unpaired) electrons. The van der Waals surface area contributed by atoms with E-state index < -0.39 is 61.4 Å². The van der Waals surface area contributed by atoms with Gasteiger partial charge in [-0.3, -0.25) is 0 Å². The van der Waals surface area contributed by atoms with Crippen molar-refractivity contribution < 1.29 is 47.4 Å². The van der Waals surface area contributed by atoms with E-state index >= 15 is 0 Å². The monoisotopic (exact) mass is 956 g/mol. The Balaban J connectivity index is 1.08. The summed E-state index contributed by atoms with van der Waals surface area (Å²) in [6.45, 7) is 4.25. The molecule has 368 valence electrons. The Labute approximate surface area is 418 Å². The molecular weight excluding hydrogens is 893 g/mol. The van der Waals surface area contributed by atoms with Gasteiger partial charge in [-0.15, -0.1) is 0 Å². The molecule has 10 nitrogen and oxygen atoms in total. The van der Waals surface area contributed by atoms with E-state index in [9.17, 15) is 0 Å². The van der Waals surface area contributed by atoms with E-state index in [-0.39, 0.29) is 26.4 Å². The van der Waals surface area contributed by atoms with Gasteiger partial charge in [0, 0.05) is 0 Å². The van der Waals surface area contributed by atoms with Crippen molar-refractivity contribution in [3.05, 3.63) is 251 Å². The number of rotatable bonds is 24. The largest absolute Gasteiger partial charge is 0.374 e. The first-order valence-corrected chi connectivity index (χ1v) is 24.6. The molecule has 2 aliphatic rings. The molecule has 0 spiro atoms. The summed E-state index contributed by atoms with van der Waals surface area (Å²) in [7, 11) is 0.